The van der Waals surface area contributed by atoms with Gasteiger partial charge >= 0.3 is 0 Å². The molecule has 3 rings (SSSR count). The Labute approximate surface area is 178 Å². The molecule has 0 aliphatic carbocycles. The molecule has 0 bridgehead atoms. The highest BCUT2D eigenvalue weighted by Gasteiger charge is 2.16. The van der Waals surface area contributed by atoms with Crippen LogP contribution in [0.3, 0.4) is 0 Å². The number of nitrogens with zero attached hydrogens (tertiary/aromatic N) is 3. The lowest BCUT2D eigenvalue weighted by Crippen LogP contribution is -2.28. The van der Waals surface area contributed by atoms with Crippen molar-refractivity contribution in [2.24, 2.45) is 0 Å². The quantitative estimate of drug-likeness (QED) is 0.544. The van der Waals surface area contributed by atoms with Crippen LogP contribution in [0.4, 0.5) is 5.82 Å². The van der Waals surface area contributed by atoms with Gasteiger partial charge in [-0.25, -0.2) is 18.1 Å². The zero-order valence-electron chi connectivity index (χ0n) is 17.6. The van der Waals surface area contributed by atoms with Crippen molar-refractivity contribution in [2.45, 2.75) is 44.4 Å². The first kappa shape index (κ1) is 22.3. The molecule has 0 spiro atoms. The summed E-state index contributed by atoms with van der Waals surface area (Å²) in [6.07, 6.45) is 4.33. The van der Waals surface area contributed by atoms with Crippen molar-refractivity contribution < 1.29 is 17.9 Å². The Morgan fingerprint density at radius 2 is 1.80 bits per heavy atom. The molecule has 1 aliphatic heterocycles. The minimum atomic E-state index is -3.61. The van der Waals surface area contributed by atoms with Crippen LogP contribution in [0.15, 0.2) is 35.2 Å². The predicted octanol–water partition coefficient (Wildman–Crippen LogP) is 2.92. The van der Waals surface area contributed by atoms with Gasteiger partial charge in [-0.3, -0.25) is 0 Å². The first-order valence-electron chi connectivity index (χ1n) is 10.4. The number of aromatic nitrogens is 2. The Bertz CT molecular complexity index is 913. The molecule has 0 unspecified atom stereocenters. The van der Waals surface area contributed by atoms with E-state index in [2.05, 4.69) is 26.5 Å². The van der Waals surface area contributed by atoms with E-state index in [0.29, 0.717) is 24.1 Å². The van der Waals surface area contributed by atoms with Crippen LogP contribution in [-0.4, -0.2) is 51.2 Å². The minimum Gasteiger partial charge on any atom is -0.494 e. The average Bonchev–Trinajstić information content (AvgIpc) is 3.27. The number of nitrogens with one attached hydrogen (secondary N) is 1. The van der Waals surface area contributed by atoms with Crippen molar-refractivity contribution in [1.82, 2.24) is 14.7 Å². The maximum Gasteiger partial charge on any atom is 0.240 e. The van der Waals surface area contributed by atoms with Gasteiger partial charge in [-0.15, -0.1) is 0 Å². The van der Waals surface area contributed by atoms with Crippen LogP contribution in [0, 0.1) is 6.92 Å². The molecule has 1 aromatic heterocycles. The lowest BCUT2D eigenvalue weighted by atomic mass is 10.3. The van der Waals surface area contributed by atoms with Crippen LogP contribution in [-0.2, 0) is 10.0 Å². The summed E-state index contributed by atoms with van der Waals surface area (Å²) in [5, 5.41) is 0. The van der Waals surface area contributed by atoms with E-state index < -0.39 is 10.0 Å². The maximum atomic E-state index is 12.5. The molecule has 1 saturated heterocycles. The summed E-state index contributed by atoms with van der Waals surface area (Å²) in [6.45, 7) is 6.82. The second kappa shape index (κ2) is 10.6. The highest BCUT2D eigenvalue weighted by atomic mass is 32.2. The molecule has 0 saturated carbocycles. The van der Waals surface area contributed by atoms with Gasteiger partial charge in [-0.2, -0.15) is 4.98 Å². The van der Waals surface area contributed by atoms with Crippen LogP contribution in [0.2, 0.25) is 0 Å². The van der Waals surface area contributed by atoms with Crippen LogP contribution in [0.5, 0.6) is 11.6 Å². The number of aryl methyl sites for hydroxylation is 1. The van der Waals surface area contributed by atoms with E-state index in [1.165, 1.54) is 0 Å². The van der Waals surface area contributed by atoms with Crippen molar-refractivity contribution in [3.63, 3.8) is 0 Å². The van der Waals surface area contributed by atoms with E-state index in [1.807, 2.05) is 13.0 Å². The van der Waals surface area contributed by atoms with Gasteiger partial charge in [0.05, 0.1) is 11.5 Å². The van der Waals surface area contributed by atoms with Crippen molar-refractivity contribution >= 4 is 15.8 Å². The number of hydrogen-bond donors (Lipinski definition) is 1. The van der Waals surface area contributed by atoms with Crippen LogP contribution in [0.25, 0.3) is 0 Å². The van der Waals surface area contributed by atoms with Crippen LogP contribution < -0.4 is 19.1 Å². The maximum absolute atomic E-state index is 12.5. The van der Waals surface area contributed by atoms with E-state index in [0.717, 1.165) is 44.6 Å². The summed E-state index contributed by atoms with van der Waals surface area (Å²) in [6, 6.07) is 8.24. The first-order chi connectivity index (χ1) is 14.5. The summed E-state index contributed by atoms with van der Waals surface area (Å²) in [4.78, 5) is 11.2. The molecule has 0 atom stereocenters. The number of sulfonamides is 1. The molecule has 1 fully saturated rings. The van der Waals surface area contributed by atoms with Gasteiger partial charge in [0.2, 0.25) is 15.9 Å². The van der Waals surface area contributed by atoms with E-state index >= 15 is 0 Å². The Kier molecular flexibility index (Phi) is 7.87. The van der Waals surface area contributed by atoms with Gasteiger partial charge in [-0.1, -0.05) is 13.3 Å². The average molecular weight is 435 g/mol. The number of ether oxygens (including phenoxy) is 2. The molecule has 1 aromatic carbocycles. The highest BCUT2D eigenvalue weighted by molar-refractivity contribution is 7.89. The standard InChI is InChI=1S/C21H30N4O4S/c1-3-4-14-28-18-7-9-19(10-8-18)30(26,27)22-11-15-29-21-16-20(23-17(2)24-21)25-12-5-6-13-25/h7-10,16,22H,3-6,11-15H2,1-2H3. The first-order valence-corrected chi connectivity index (χ1v) is 11.9. The highest BCUT2D eigenvalue weighted by Crippen LogP contribution is 2.21. The Morgan fingerprint density at radius 1 is 1.07 bits per heavy atom. The van der Waals surface area contributed by atoms with Gasteiger partial charge in [0.15, 0.2) is 0 Å². The molecular formula is C21H30N4O4S. The summed E-state index contributed by atoms with van der Waals surface area (Å²) in [5.74, 6) is 2.61. The third-order valence-corrected chi connectivity index (χ3v) is 6.25. The van der Waals surface area contributed by atoms with Crippen molar-refractivity contribution in [2.75, 3.05) is 37.7 Å². The fourth-order valence-electron chi connectivity index (χ4n) is 3.17. The van der Waals surface area contributed by atoms with Gasteiger partial charge in [0.1, 0.15) is 24.0 Å². The third kappa shape index (κ3) is 6.30. The van der Waals surface area contributed by atoms with Crippen molar-refractivity contribution in [3.05, 3.63) is 36.2 Å². The molecular weight excluding hydrogens is 404 g/mol. The fraction of sp³-hybridized carbons (Fsp3) is 0.524. The molecule has 1 N–H and O–H groups in total. The lowest BCUT2D eigenvalue weighted by Gasteiger charge is -2.17. The molecule has 1 aliphatic rings. The zero-order chi connectivity index (χ0) is 21.4. The summed E-state index contributed by atoms with van der Waals surface area (Å²) >= 11 is 0. The molecule has 9 heteroatoms. The van der Waals surface area contributed by atoms with Gasteiger partial charge in [-0.05, 0) is 50.5 Å². The normalized spacial score (nSPS) is 14.1. The number of anilines is 1. The largest absolute Gasteiger partial charge is 0.494 e. The Balaban J connectivity index is 1.49. The molecule has 0 radical (unpaired) electrons. The van der Waals surface area contributed by atoms with Gasteiger partial charge in [0, 0.05) is 25.7 Å². The number of rotatable bonds is 11. The summed E-state index contributed by atoms with van der Waals surface area (Å²) in [7, 11) is -3.61. The second-order valence-corrected chi connectivity index (χ2v) is 8.99. The molecule has 2 aromatic rings. The van der Waals surface area contributed by atoms with Gasteiger partial charge < -0.3 is 14.4 Å². The monoisotopic (exact) mass is 434 g/mol. The number of hydrogen-bond acceptors (Lipinski definition) is 7. The predicted molar refractivity (Wildman–Crippen MR) is 116 cm³/mol. The smallest absolute Gasteiger partial charge is 0.240 e. The Hall–Kier alpha value is -2.39. The molecule has 8 nitrogen and oxygen atoms in total. The van der Waals surface area contributed by atoms with Crippen molar-refractivity contribution in [3.8, 4) is 11.6 Å². The molecule has 2 heterocycles. The number of benzene rings is 1. The Morgan fingerprint density at radius 3 is 2.50 bits per heavy atom. The lowest BCUT2D eigenvalue weighted by molar-refractivity contribution is 0.308. The summed E-state index contributed by atoms with van der Waals surface area (Å²) < 4.78 is 38.7. The van der Waals surface area contributed by atoms with E-state index in [4.69, 9.17) is 9.47 Å². The van der Waals surface area contributed by atoms with Crippen molar-refractivity contribution in [1.29, 1.82) is 0 Å². The van der Waals surface area contributed by atoms with E-state index in [9.17, 15) is 8.42 Å². The molecule has 30 heavy (non-hydrogen) atoms. The topological polar surface area (TPSA) is 93.7 Å². The van der Waals surface area contributed by atoms with E-state index in [1.54, 1.807) is 24.3 Å². The second-order valence-electron chi connectivity index (χ2n) is 7.23. The van der Waals surface area contributed by atoms with E-state index in [-0.39, 0.29) is 18.0 Å². The zero-order valence-corrected chi connectivity index (χ0v) is 18.5. The minimum absolute atomic E-state index is 0.138. The molecule has 0 amide bonds. The fourth-order valence-corrected chi connectivity index (χ4v) is 4.18. The number of unbranched alkanes of at least 4 members (excludes halogenated alkanes) is 1. The SMILES string of the molecule is CCCCOc1ccc(S(=O)(=O)NCCOc2cc(N3CCCC3)nc(C)n2)cc1. The van der Waals surface area contributed by atoms with Crippen LogP contribution in [0.1, 0.15) is 38.4 Å². The van der Waals surface area contributed by atoms with Gasteiger partial charge in [0.25, 0.3) is 0 Å². The van der Waals surface area contributed by atoms with Crippen LogP contribution >= 0.6 is 0 Å². The summed E-state index contributed by atoms with van der Waals surface area (Å²) in [5.41, 5.74) is 0. The molecule has 164 valence electrons. The third-order valence-electron chi connectivity index (χ3n) is 4.78.